The van der Waals surface area contributed by atoms with E-state index in [0.29, 0.717) is 11.3 Å². The maximum Gasteiger partial charge on any atom is 0.274 e. The number of amides is 2. The molecular weight excluding hydrogens is 398 g/mol. The van der Waals surface area contributed by atoms with Crippen molar-refractivity contribution in [1.29, 1.82) is 0 Å². The number of aryl methyl sites for hydroxylation is 1. The first-order chi connectivity index (χ1) is 14.6. The molecule has 8 heteroatoms. The van der Waals surface area contributed by atoms with Crippen molar-refractivity contribution in [1.82, 2.24) is 19.7 Å². The number of likely N-dealkylation sites (tertiary alicyclic amines) is 1. The Bertz CT molecular complexity index is 1260. The largest absolute Gasteiger partial charge is 0.338 e. The van der Waals surface area contributed by atoms with Crippen LogP contribution in [-0.4, -0.2) is 44.6 Å². The van der Waals surface area contributed by atoms with Gasteiger partial charge in [-0.15, -0.1) is 11.3 Å². The Balaban J connectivity index is 1.41. The summed E-state index contributed by atoms with van der Waals surface area (Å²) in [5, 5.41) is 7.95. The molecule has 1 N–H and O–H groups in total. The lowest BCUT2D eigenvalue weighted by Crippen LogP contribution is -2.42. The van der Waals surface area contributed by atoms with Gasteiger partial charge < -0.3 is 10.2 Å². The number of hydrogen-bond donors (Lipinski definition) is 1. The maximum atomic E-state index is 13.0. The average Bonchev–Trinajstić information content (AvgIpc) is 3.30. The molecule has 7 nitrogen and oxygen atoms in total. The lowest BCUT2D eigenvalue weighted by Gasteiger charge is -2.30. The Morgan fingerprint density at radius 1 is 1.10 bits per heavy atom. The molecule has 0 radical (unpaired) electrons. The molecule has 1 saturated heterocycles. The minimum absolute atomic E-state index is 0.151. The quantitative estimate of drug-likeness (QED) is 0.548. The SMILES string of the molecule is Cn1ncc(C(=O)N2CCC2)c1C(=O)Nc1ccc2sc(-c3ccccc3)nc2c1. The van der Waals surface area contributed by atoms with Crippen LogP contribution in [0.2, 0.25) is 0 Å². The molecule has 0 unspecified atom stereocenters. The summed E-state index contributed by atoms with van der Waals surface area (Å²) in [7, 11) is 1.66. The van der Waals surface area contributed by atoms with E-state index >= 15 is 0 Å². The minimum atomic E-state index is -0.364. The highest BCUT2D eigenvalue weighted by atomic mass is 32.1. The highest BCUT2D eigenvalue weighted by Crippen LogP contribution is 2.31. The first-order valence-corrected chi connectivity index (χ1v) is 10.5. The number of benzene rings is 2. The summed E-state index contributed by atoms with van der Waals surface area (Å²) in [5.74, 6) is -0.515. The molecule has 1 aliphatic heterocycles. The Hall–Kier alpha value is -3.52. The molecule has 2 amide bonds. The molecule has 2 aromatic carbocycles. The molecule has 0 bridgehead atoms. The number of aromatic nitrogens is 3. The molecule has 1 fully saturated rings. The van der Waals surface area contributed by atoms with Gasteiger partial charge in [-0.1, -0.05) is 30.3 Å². The first kappa shape index (κ1) is 18.5. The van der Waals surface area contributed by atoms with Crippen molar-refractivity contribution in [2.24, 2.45) is 7.05 Å². The Morgan fingerprint density at radius 2 is 1.90 bits per heavy atom. The summed E-state index contributed by atoms with van der Waals surface area (Å²) in [5.41, 5.74) is 3.10. The second-order valence-electron chi connectivity index (χ2n) is 7.20. The van der Waals surface area contributed by atoms with Gasteiger partial charge in [-0.05, 0) is 24.6 Å². The molecule has 0 atom stereocenters. The van der Waals surface area contributed by atoms with Crippen molar-refractivity contribution in [2.75, 3.05) is 18.4 Å². The second-order valence-corrected chi connectivity index (χ2v) is 8.23. The number of carbonyl (C=O) groups is 2. The van der Waals surface area contributed by atoms with Crippen LogP contribution in [0.25, 0.3) is 20.8 Å². The number of thiazole rings is 1. The maximum absolute atomic E-state index is 13.0. The van der Waals surface area contributed by atoms with Crippen LogP contribution < -0.4 is 5.32 Å². The van der Waals surface area contributed by atoms with E-state index in [0.717, 1.165) is 40.3 Å². The number of nitrogens with one attached hydrogen (secondary N) is 1. The van der Waals surface area contributed by atoms with Crippen molar-refractivity contribution in [3.63, 3.8) is 0 Å². The lowest BCUT2D eigenvalue weighted by molar-refractivity contribution is 0.0648. The summed E-state index contributed by atoms with van der Waals surface area (Å²) >= 11 is 1.61. The van der Waals surface area contributed by atoms with Crippen LogP contribution in [0.15, 0.2) is 54.7 Å². The van der Waals surface area contributed by atoms with E-state index < -0.39 is 0 Å². The van der Waals surface area contributed by atoms with Crippen LogP contribution in [0.3, 0.4) is 0 Å². The normalized spacial score (nSPS) is 13.3. The zero-order chi connectivity index (χ0) is 20.7. The third-order valence-corrected chi connectivity index (χ3v) is 6.28. The van der Waals surface area contributed by atoms with Crippen molar-refractivity contribution in [2.45, 2.75) is 6.42 Å². The van der Waals surface area contributed by atoms with Gasteiger partial charge in [0.1, 0.15) is 10.7 Å². The van der Waals surface area contributed by atoms with Gasteiger partial charge in [-0.25, -0.2) is 4.98 Å². The van der Waals surface area contributed by atoms with Crippen molar-refractivity contribution in [3.05, 3.63) is 66.0 Å². The van der Waals surface area contributed by atoms with Crippen molar-refractivity contribution < 1.29 is 9.59 Å². The van der Waals surface area contributed by atoms with Gasteiger partial charge in [0.05, 0.1) is 22.0 Å². The summed E-state index contributed by atoms with van der Waals surface area (Å²) in [6.07, 6.45) is 2.46. The molecule has 4 aromatic rings. The van der Waals surface area contributed by atoms with Gasteiger partial charge in [0.15, 0.2) is 0 Å². The molecular formula is C22H19N5O2S. The molecule has 0 aliphatic carbocycles. The Morgan fingerprint density at radius 3 is 2.63 bits per heavy atom. The molecule has 2 aromatic heterocycles. The fourth-order valence-corrected chi connectivity index (χ4v) is 4.40. The molecule has 0 saturated carbocycles. The number of carbonyl (C=O) groups excluding carboxylic acids is 2. The fraction of sp³-hybridized carbons (Fsp3) is 0.182. The topological polar surface area (TPSA) is 80.1 Å². The molecule has 3 heterocycles. The van der Waals surface area contributed by atoms with Crippen molar-refractivity contribution in [3.8, 4) is 10.6 Å². The predicted molar refractivity (Wildman–Crippen MR) is 117 cm³/mol. The number of nitrogens with zero attached hydrogens (tertiary/aromatic N) is 4. The van der Waals surface area contributed by atoms with E-state index in [1.165, 1.54) is 10.9 Å². The highest BCUT2D eigenvalue weighted by Gasteiger charge is 2.28. The molecule has 1 aliphatic rings. The Kier molecular flexibility index (Phi) is 4.55. The van der Waals surface area contributed by atoms with E-state index in [4.69, 9.17) is 4.98 Å². The standard InChI is InChI=1S/C22H19N5O2S/c1-26-19(16(13-23-26)22(29)27-10-5-11-27)20(28)24-15-8-9-18-17(12-15)25-21(30-18)14-6-3-2-4-7-14/h2-4,6-9,12-13H,5,10-11H2,1H3,(H,24,28). The van der Waals surface area contributed by atoms with Gasteiger partial charge >= 0.3 is 0 Å². The van der Waals surface area contributed by atoms with Crippen LogP contribution in [0.5, 0.6) is 0 Å². The summed E-state index contributed by atoms with van der Waals surface area (Å²) in [6.45, 7) is 1.44. The second kappa shape index (κ2) is 7.38. The van der Waals surface area contributed by atoms with E-state index in [1.807, 2.05) is 48.5 Å². The predicted octanol–water partition coefficient (Wildman–Crippen LogP) is 3.80. The summed E-state index contributed by atoms with van der Waals surface area (Å²) in [4.78, 5) is 32.0. The van der Waals surface area contributed by atoms with E-state index in [2.05, 4.69) is 10.4 Å². The summed E-state index contributed by atoms with van der Waals surface area (Å²) in [6, 6.07) is 15.7. The molecule has 30 heavy (non-hydrogen) atoms. The Labute approximate surface area is 177 Å². The van der Waals surface area contributed by atoms with Gasteiger partial charge in [0, 0.05) is 31.4 Å². The van der Waals surface area contributed by atoms with E-state index in [9.17, 15) is 9.59 Å². The molecule has 0 spiro atoms. The van der Waals surface area contributed by atoms with Crippen molar-refractivity contribution >= 4 is 39.1 Å². The van der Waals surface area contributed by atoms with Crippen LogP contribution in [0.4, 0.5) is 5.69 Å². The highest BCUT2D eigenvalue weighted by molar-refractivity contribution is 7.21. The molecule has 5 rings (SSSR count). The van der Waals surface area contributed by atoms with Crippen LogP contribution >= 0.6 is 11.3 Å². The van der Waals surface area contributed by atoms with Gasteiger partial charge in [-0.3, -0.25) is 14.3 Å². The van der Waals surface area contributed by atoms with Crippen LogP contribution in [0, 0.1) is 0 Å². The van der Waals surface area contributed by atoms with E-state index in [1.54, 1.807) is 23.3 Å². The number of anilines is 1. The molecule has 150 valence electrons. The van der Waals surface area contributed by atoms with Crippen LogP contribution in [0.1, 0.15) is 27.3 Å². The first-order valence-electron chi connectivity index (χ1n) is 9.69. The van der Waals surface area contributed by atoms with Crippen LogP contribution in [-0.2, 0) is 7.05 Å². The zero-order valence-corrected chi connectivity index (χ0v) is 17.1. The zero-order valence-electron chi connectivity index (χ0n) is 16.3. The average molecular weight is 417 g/mol. The fourth-order valence-electron chi connectivity index (χ4n) is 3.45. The minimum Gasteiger partial charge on any atom is -0.338 e. The number of fused-ring (bicyclic) bond motifs is 1. The third-order valence-electron chi connectivity index (χ3n) is 5.19. The monoisotopic (exact) mass is 417 g/mol. The third kappa shape index (κ3) is 3.25. The van der Waals surface area contributed by atoms with Gasteiger partial charge in [-0.2, -0.15) is 5.10 Å². The lowest BCUT2D eigenvalue weighted by atomic mass is 10.1. The van der Waals surface area contributed by atoms with Gasteiger partial charge in [0.2, 0.25) is 0 Å². The van der Waals surface area contributed by atoms with E-state index in [-0.39, 0.29) is 17.5 Å². The summed E-state index contributed by atoms with van der Waals surface area (Å²) < 4.78 is 2.48. The van der Waals surface area contributed by atoms with Gasteiger partial charge in [0.25, 0.3) is 11.8 Å². The smallest absolute Gasteiger partial charge is 0.274 e. The number of hydrogen-bond acceptors (Lipinski definition) is 5. The number of rotatable bonds is 4.